The molecule has 6 heteroatoms. The largest absolute Gasteiger partial charge is 0.353 e. The monoisotopic (exact) mass is 305 g/mol. The van der Waals surface area contributed by atoms with E-state index < -0.39 is 0 Å². The summed E-state index contributed by atoms with van der Waals surface area (Å²) in [4.78, 5) is 25.1. The number of nitrogens with one attached hydrogen (secondary N) is 1. The average Bonchev–Trinajstić information content (AvgIpc) is 2.87. The van der Waals surface area contributed by atoms with Crippen LogP contribution in [-0.4, -0.2) is 40.9 Å². The summed E-state index contributed by atoms with van der Waals surface area (Å²) in [5.74, 6) is -0.0819. The van der Waals surface area contributed by atoms with Crippen LogP contribution in [0.5, 0.6) is 0 Å². The van der Waals surface area contributed by atoms with E-state index in [1.807, 2.05) is 35.0 Å². The molecule has 1 aliphatic heterocycles. The van der Waals surface area contributed by atoms with Crippen LogP contribution in [0, 0.1) is 0 Å². The quantitative estimate of drug-likeness (QED) is 0.937. The third-order valence-corrected chi connectivity index (χ3v) is 3.93. The van der Waals surface area contributed by atoms with Gasteiger partial charge in [0, 0.05) is 42.8 Å². The summed E-state index contributed by atoms with van der Waals surface area (Å²) in [6, 6.07) is 7.72. The zero-order valence-electron chi connectivity index (χ0n) is 11.5. The highest BCUT2D eigenvalue weighted by atomic mass is 35.5. The first-order valence-corrected chi connectivity index (χ1v) is 7.30. The molecule has 0 spiro atoms. The topological polar surface area (TPSA) is 54.3 Å². The second kappa shape index (κ2) is 5.77. The molecule has 110 valence electrons. The molecule has 0 bridgehead atoms. The van der Waals surface area contributed by atoms with Crippen molar-refractivity contribution in [2.75, 3.05) is 19.6 Å². The Morgan fingerprint density at radius 2 is 2.19 bits per heavy atom. The second-order valence-electron chi connectivity index (χ2n) is 5.13. The van der Waals surface area contributed by atoms with Gasteiger partial charge in [-0.1, -0.05) is 17.7 Å². The van der Waals surface area contributed by atoms with Gasteiger partial charge in [-0.3, -0.25) is 9.59 Å². The molecule has 2 amide bonds. The van der Waals surface area contributed by atoms with Crippen molar-refractivity contribution in [3.05, 3.63) is 35.5 Å². The highest BCUT2D eigenvalue weighted by molar-refractivity contribution is 6.31. The van der Waals surface area contributed by atoms with Crippen LogP contribution in [0.3, 0.4) is 0 Å². The molecule has 1 aromatic carbocycles. The van der Waals surface area contributed by atoms with Crippen molar-refractivity contribution in [2.24, 2.45) is 0 Å². The van der Waals surface area contributed by atoms with E-state index in [-0.39, 0.29) is 18.4 Å². The molecule has 0 aliphatic carbocycles. The SMILES string of the molecule is O=C1CN(C(=O)CCn2ccc3ccc(Cl)cc32)CCN1. The van der Waals surface area contributed by atoms with E-state index in [1.165, 1.54) is 0 Å². The first-order chi connectivity index (χ1) is 10.1. The highest BCUT2D eigenvalue weighted by Gasteiger charge is 2.20. The van der Waals surface area contributed by atoms with Crippen molar-refractivity contribution in [1.29, 1.82) is 0 Å². The lowest BCUT2D eigenvalue weighted by molar-refractivity contribution is -0.138. The van der Waals surface area contributed by atoms with Crippen molar-refractivity contribution >= 4 is 34.3 Å². The lowest BCUT2D eigenvalue weighted by Crippen LogP contribution is -2.50. The van der Waals surface area contributed by atoms with E-state index in [9.17, 15) is 9.59 Å². The molecule has 5 nitrogen and oxygen atoms in total. The number of hydrogen-bond acceptors (Lipinski definition) is 2. The molecule has 0 unspecified atom stereocenters. The summed E-state index contributed by atoms with van der Waals surface area (Å²) in [6.45, 7) is 1.87. The van der Waals surface area contributed by atoms with Gasteiger partial charge >= 0.3 is 0 Å². The second-order valence-corrected chi connectivity index (χ2v) is 5.56. The Bertz CT molecular complexity index is 695. The van der Waals surface area contributed by atoms with Crippen molar-refractivity contribution in [3.8, 4) is 0 Å². The van der Waals surface area contributed by atoms with Gasteiger partial charge in [0.05, 0.1) is 6.54 Å². The summed E-state index contributed by atoms with van der Waals surface area (Å²) in [5, 5.41) is 4.50. The number of aromatic nitrogens is 1. The first-order valence-electron chi connectivity index (χ1n) is 6.92. The van der Waals surface area contributed by atoms with E-state index >= 15 is 0 Å². The minimum atomic E-state index is -0.0900. The Labute approximate surface area is 127 Å². The molecule has 2 aromatic rings. The van der Waals surface area contributed by atoms with Crippen molar-refractivity contribution in [3.63, 3.8) is 0 Å². The molecule has 3 rings (SSSR count). The maximum absolute atomic E-state index is 12.1. The van der Waals surface area contributed by atoms with Crippen molar-refractivity contribution in [2.45, 2.75) is 13.0 Å². The fourth-order valence-corrected chi connectivity index (χ4v) is 2.74. The number of nitrogens with zero attached hydrogens (tertiary/aromatic N) is 2. The molecule has 0 saturated carbocycles. The lowest BCUT2D eigenvalue weighted by Gasteiger charge is -2.26. The predicted octanol–water partition coefficient (Wildman–Crippen LogP) is 1.64. The number of carbonyl (C=O) groups excluding carboxylic acids is 2. The van der Waals surface area contributed by atoms with Crippen LogP contribution in [0.2, 0.25) is 5.02 Å². The number of benzene rings is 1. The molecule has 2 heterocycles. The van der Waals surface area contributed by atoms with Gasteiger partial charge in [-0.15, -0.1) is 0 Å². The molecular formula is C15H16ClN3O2. The lowest BCUT2D eigenvalue weighted by atomic mass is 10.2. The van der Waals surface area contributed by atoms with E-state index in [2.05, 4.69) is 5.32 Å². The van der Waals surface area contributed by atoms with Crippen LogP contribution < -0.4 is 5.32 Å². The Balaban J connectivity index is 1.67. The maximum Gasteiger partial charge on any atom is 0.239 e. The zero-order valence-corrected chi connectivity index (χ0v) is 12.3. The molecule has 1 aliphatic rings. The summed E-state index contributed by atoms with van der Waals surface area (Å²) < 4.78 is 2.02. The van der Waals surface area contributed by atoms with Crippen LogP contribution in [0.4, 0.5) is 0 Å². The summed E-state index contributed by atoms with van der Waals surface area (Å²) >= 11 is 6.02. The number of fused-ring (bicyclic) bond motifs is 1. The van der Waals surface area contributed by atoms with E-state index in [1.54, 1.807) is 4.90 Å². The molecular weight excluding hydrogens is 290 g/mol. The molecule has 1 saturated heterocycles. The Morgan fingerprint density at radius 3 is 3.00 bits per heavy atom. The number of amides is 2. The van der Waals surface area contributed by atoms with Gasteiger partial charge in [-0.2, -0.15) is 0 Å². The third kappa shape index (κ3) is 3.03. The molecule has 0 atom stereocenters. The van der Waals surface area contributed by atoms with Crippen molar-refractivity contribution in [1.82, 2.24) is 14.8 Å². The number of rotatable bonds is 3. The molecule has 1 N–H and O–H groups in total. The van der Waals surface area contributed by atoms with Crippen LogP contribution in [0.25, 0.3) is 10.9 Å². The van der Waals surface area contributed by atoms with E-state index in [4.69, 9.17) is 11.6 Å². The zero-order chi connectivity index (χ0) is 14.8. The third-order valence-electron chi connectivity index (χ3n) is 3.69. The Kier molecular flexibility index (Phi) is 3.84. The van der Waals surface area contributed by atoms with E-state index in [0.29, 0.717) is 31.1 Å². The molecule has 1 aromatic heterocycles. The average molecular weight is 306 g/mol. The Morgan fingerprint density at radius 1 is 1.33 bits per heavy atom. The fourth-order valence-electron chi connectivity index (χ4n) is 2.58. The standard InChI is InChI=1S/C15H16ClN3O2/c16-12-2-1-11-3-6-18(13(11)9-12)7-4-15(21)19-8-5-17-14(20)10-19/h1-3,6,9H,4-5,7-8,10H2,(H,17,20). The molecule has 1 fully saturated rings. The predicted molar refractivity (Wildman–Crippen MR) is 81.2 cm³/mol. The fraction of sp³-hybridized carbons (Fsp3) is 0.333. The van der Waals surface area contributed by atoms with Gasteiger partial charge < -0.3 is 14.8 Å². The molecule has 21 heavy (non-hydrogen) atoms. The summed E-state index contributed by atoms with van der Waals surface area (Å²) in [7, 11) is 0. The Hall–Kier alpha value is -2.01. The van der Waals surface area contributed by atoms with Gasteiger partial charge in [0.1, 0.15) is 0 Å². The van der Waals surface area contributed by atoms with Crippen molar-refractivity contribution < 1.29 is 9.59 Å². The first kappa shape index (κ1) is 13.9. The highest BCUT2D eigenvalue weighted by Crippen LogP contribution is 2.20. The number of hydrogen-bond donors (Lipinski definition) is 1. The van der Waals surface area contributed by atoms with Crippen LogP contribution in [-0.2, 0) is 16.1 Å². The normalized spacial score (nSPS) is 15.3. The van der Waals surface area contributed by atoms with Gasteiger partial charge in [-0.25, -0.2) is 0 Å². The number of piperazine rings is 1. The van der Waals surface area contributed by atoms with Crippen LogP contribution in [0.15, 0.2) is 30.5 Å². The summed E-state index contributed by atoms with van der Waals surface area (Å²) in [6.07, 6.45) is 2.33. The van der Waals surface area contributed by atoms with Gasteiger partial charge in [-0.05, 0) is 23.6 Å². The smallest absolute Gasteiger partial charge is 0.239 e. The van der Waals surface area contributed by atoms with E-state index in [0.717, 1.165) is 10.9 Å². The number of aryl methyl sites for hydroxylation is 1. The maximum atomic E-state index is 12.1. The van der Waals surface area contributed by atoms with Gasteiger partial charge in [0.2, 0.25) is 11.8 Å². The summed E-state index contributed by atoms with van der Waals surface area (Å²) in [5.41, 5.74) is 1.02. The number of carbonyl (C=O) groups is 2. The van der Waals surface area contributed by atoms with Crippen LogP contribution in [0.1, 0.15) is 6.42 Å². The van der Waals surface area contributed by atoms with Gasteiger partial charge in [0.15, 0.2) is 0 Å². The van der Waals surface area contributed by atoms with Gasteiger partial charge in [0.25, 0.3) is 0 Å². The molecule has 0 radical (unpaired) electrons. The number of halogens is 1. The minimum absolute atomic E-state index is 0.00808. The van der Waals surface area contributed by atoms with Crippen LogP contribution >= 0.6 is 11.6 Å². The minimum Gasteiger partial charge on any atom is -0.353 e.